The predicted molar refractivity (Wildman–Crippen MR) is 88.8 cm³/mol. The minimum atomic E-state index is 0.00560. The fourth-order valence-corrected chi connectivity index (χ4v) is 3.31. The Labute approximate surface area is 132 Å². The Morgan fingerprint density at radius 1 is 1.38 bits per heavy atom. The van der Waals surface area contributed by atoms with Gasteiger partial charge in [-0.2, -0.15) is 0 Å². The number of carbonyl (C=O) groups excluding carboxylic acids is 1. The Bertz CT molecular complexity index is 706. The highest BCUT2D eigenvalue weighted by atomic mass is 79.9. The summed E-state index contributed by atoms with van der Waals surface area (Å²) in [5.41, 5.74) is 9.44. The summed E-state index contributed by atoms with van der Waals surface area (Å²) in [5.74, 6) is 0.00560. The van der Waals surface area contributed by atoms with Gasteiger partial charge in [0.2, 0.25) is 0 Å². The lowest BCUT2D eigenvalue weighted by molar-refractivity contribution is 0.0979. The van der Waals surface area contributed by atoms with Crippen molar-refractivity contribution in [3.63, 3.8) is 0 Å². The number of aromatic nitrogens is 1. The first-order valence-corrected chi connectivity index (χ1v) is 7.85. The number of hydrogen-bond donors (Lipinski definition) is 1. The van der Waals surface area contributed by atoms with E-state index in [2.05, 4.69) is 29.8 Å². The van der Waals surface area contributed by atoms with E-state index in [1.54, 1.807) is 4.90 Å². The number of halogens is 1. The highest BCUT2D eigenvalue weighted by molar-refractivity contribution is 9.10. The van der Waals surface area contributed by atoms with Crippen molar-refractivity contribution in [1.82, 2.24) is 4.57 Å². The van der Waals surface area contributed by atoms with Crippen molar-refractivity contribution < 1.29 is 4.79 Å². The van der Waals surface area contributed by atoms with E-state index < -0.39 is 0 Å². The summed E-state index contributed by atoms with van der Waals surface area (Å²) in [6, 6.07) is 7.93. The molecule has 5 heteroatoms. The minimum Gasteiger partial charge on any atom is -0.397 e. The lowest BCUT2D eigenvalue weighted by Crippen LogP contribution is -2.31. The molecule has 0 radical (unpaired) electrons. The van der Waals surface area contributed by atoms with Crippen LogP contribution in [-0.4, -0.2) is 17.0 Å². The third-order valence-electron chi connectivity index (χ3n) is 3.86. The SMILES string of the molecule is CC(C)n1cc(Br)cc1C(=O)N1CCc2cccc(N)c21. The van der Waals surface area contributed by atoms with Crippen LogP contribution in [0.5, 0.6) is 0 Å². The predicted octanol–water partition coefficient (Wildman–Crippen LogP) is 3.62. The highest BCUT2D eigenvalue weighted by Crippen LogP contribution is 2.35. The molecule has 2 aromatic rings. The van der Waals surface area contributed by atoms with Crippen molar-refractivity contribution in [3.05, 3.63) is 46.2 Å². The molecule has 1 aliphatic heterocycles. The molecular weight excluding hydrogens is 330 g/mol. The van der Waals surface area contributed by atoms with Crippen molar-refractivity contribution in [2.24, 2.45) is 0 Å². The summed E-state index contributed by atoms with van der Waals surface area (Å²) < 4.78 is 2.91. The lowest BCUT2D eigenvalue weighted by Gasteiger charge is -2.21. The van der Waals surface area contributed by atoms with E-state index in [9.17, 15) is 4.79 Å². The lowest BCUT2D eigenvalue weighted by atomic mass is 10.1. The maximum absolute atomic E-state index is 12.9. The third kappa shape index (κ3) is 2.35. The molecule has 0 aliphatic carbocycles. The highest BCUT2D eigenvalue weighted by Gasteiger charge is 2.29. The Hall–Kier alpha value is -1.75. The number of hydrogen-bond acceptors (Lipinski definition) is 2. The van der Waals surface area contributed by atoms with Crippen LogP contribution in [0, 0.1) is 0 Å². The van der Waals surface area contributed by atoms with E-state index >= 15 is 0 Å². The first-order chi connectivity index (χ1) is 9.99. The second-order valence-electron chi connectivity index (χ2n) is 5.61. The summed E-state index contributed by atoms with van der Waals surface area (Å²) in [6.45, 7) is 4.81. The molecule has 0 unspecified atom stereocenters. The summed E-state index contributed by atoms with van der Waals surface area (Å²) in [7, 11) is 0. The first kappa shape index (κ1) is 14.2. The number of nitrogens with zero attached hydrogens (tertiary/aromatic N) is 2. The van der Waals surface area contributed by atoms with Gasteiger partial charge in [0.15, 0.2) is 0 Å². The molecule has 4 nitrogen and oxygen atoms in total. The number of fused-ring (bicyclic) bond motifs is 1. The maximum Gasteiger partial charge on any atom is 0.275 e. The van der Waals surface area contributed by atoms with Crippen LogP contribution >= 0.6 is 15.9 Å². The Morgan fingerprint density at radius 2 is 2.14 bits per heavy atom. The van der Waals surface area contributed by atoms with Crippen molar-refractivity contribution >= 4 is 33.2 Å². The molecule has 0 fully saturated rings. The van der Waals surface area contributed by atoms with Gasteiger partial charge >= 0.3 is 0 Å². The number of benzene rings is 1. The second kappa shape index (κ2) is 5.22. The zero-order valence-corrected chi connectivity index (χ0v) is 13.7. The maximum atomic E-state index is 12.9. The van der Waals surface area contributed by atoms with Gasteiger partial charge in [0.25, 0.3) is 5.91 Å². The molecule has 110 valence electrons. The monoisotopic (exact) mass is 347 g/mol. The van der Waals surface area contributed by atoms with Gasteiger partial charge in [-0.25, -0.2) is 0 Å². The topological polar surface area (TPSA) is 51.3 Å². The number of carbonyl (C=O) groups is 1. The van der Waals surface area contributed by atoms with Crippen LogP contribution in [0.2, 0.25) is 0 Å². The van der Waals surface area contributed by atoms with Gasteiger partial charge in [0, 0.05) is 23.3 Å². The van der Waals surface area contributed by atoms with Crippen LogP contribution in [0.1, 0.15) is 35.9 Å². The summed E-state index contributed by atoms with van der Waals surface area (Å²) >= 11 is 3.46. The van der Waals surface area contributed by atoms with Crippen LogP contribution < -0.4 is 10.6 Å². The number of nitrogen functional groups attached to an aromatic ring is 1. The smallest absolute Gasteiger partial charge is 0.275 e. The fourth-order valence-electron chi connectivity index (χ4n) is 2.87. The molecule has 0 atom stereocenters. The Kier molecular flexibility index (Phi) is 3.53. The van der Waals surface area contributed by atoms with Crippen LogP contribution in [0.25, 0.3) is 0 Å². The van der Waals surface area contributed by atoms with Crippen molar-refractivity contribution in [2.75, 3.05) is 17.2 Å². The molecule has 3 rings (SSSR count). The van der Waals surface area contributed by atoms with Gasteiger partial charge in [-0.05, 0) is 53.9 Å². The minimum absolute atomic E-state index is 0.00560. The molecule has 0 bridgehead atoms. The zero-order chi connectivity index (χ0) is 15.1. The van der Waals surface area contributed by atoms with Gasteiger partial charge in [-0.3, -0.25) is 4.79 Å². The quantitative estimate of drug-likeness (QED) is 0.843. The molecule has 21 heavy (non-hydrogen) atoms. The van der Waals surface area contributed by atoms with Gasteiger partial charge in [0.05, 0.1) is 11.4 Å². The van der Waals surface area contributed by atoms with Crippen molar-refractivity contribution in [1.29, 1.82) is 0 Å². The molecule has 1 aliphatic rings. The summed E-state index contributed by atoms with van der Waals surface area (Å²) in [5, 5.41) is 0. The Morgan fingerprint density at radius 3 is 2.86 bits per heavy atom. The first-order valence-electron chi connectivity index (χ1n) is 7.05. The number of amides is 1. The van der Waals surface area contributed by atoms with Crippen LogP contribution in [-0.2, 0) is 6.42 Å². The van der Waals surface area contributed by atoms with E-state index in [0.717, 1.165) is 22.1 Å². The average Bonchev–Trinajstić information content (AvgIpc) is 3.02. The number of rotatable bonds is 2. The van der Waals surface area contributed by atoms with Gasteiger partial charge in [-0.15, -0.1) is 0 Å². The third-order valence-corrected chi connectivity index (χ3v) is 4.29. The van der Waals surface area contributed by atoms with Crippen molar-refractivity contribution in [2.45, 2.75) is 26.3 Å². The number of para-hydroxylation sites is 1. The van der Waals surface area contributed by atoms with Crippen LogP contribution in [0.3, 0.4) is 0 Å². The number of anilines is 2. The molecular formula is C16H18BrN3O. The standard InChI is InChI=1S/C16H18BrN3O/c1-10(2)20-9-12(17)8-14(20)16(21)19-7-6-11-4-3-5-13(18)15(11)19/h3-5,8-10H,6-7,18H2,1-2H3. The van der Waals surface area contributed by atoms with Gasteiger partial charge < -0.3 is 15.2 Å². The molecule has 1 aromatic heterocycles. The van der Waals surface area contributed by atoms with E-state index in [-0.39, 0.29) is 11.9 Å². The van der Waals surface area contributed by atoms with E-state index in [4.69, 9.17) is 5.73 Å². The molecule has 0 saturated heterocycles. The van der Waals surface area contributed by atoms with Crippen molar-refractivity contribution in [3.8, 4) is 0 Å². The molecule has 1 aromatic carbocycles. The summed E-state index contributed by atoms with van der Waals surface area (Å²) in [6.07, 6.45) is 2.80. The fraction of sp³-hybridized carbons (Fsp3) is 0.312. The molecule has 0 saturated carbocycles. The van der Waals surface area contributed by atoms with Crippen LogP contribution in [0.4, 0.5) is 11.4 Å². The molecule has 0 spiro atoms. The normalized spacial score (nSPS) is 13.8. The summed E-state index contributed by atoms with van der Waals surface area (Å²) in [4.78, 5) is 14.7. The molecule has 2 N–H and O–H groups in total. The zero-order valence-electron chi connectivity index (χ0n) is 12.1. The molecule has 2 heterocycles. The largest absolute Gasteiger partial charge is 0.397 e. The Balaban J connectivity index is 2.03. The molecule has 1 amide bonds. The van der Waals surface area contributed by atoms with Crippen LogP contribution in [0.15, 0.2) is 34.9 Å². The second-order valence-corrected chi connectivity index (χ2v) is 6.52. The number of nitrogens with two attached hydrogens (primary N) is 1. The van der Waals surface area contributed by atoms with Gasteiger partial charge in [-0.1, -0.05) is 12.1 Å². The van der Waals surface area contributed by atoms with E-state index in [1.165, 1.54) is 0 Å². The average molecular weight is 348 g/mol. The van der Waals surface area contributed by atoms with Gasteiger partial charge in [0.1, 0.15) is 5.69 Å². The van der Waals surface area contributed by atoms with E-state index in [0.29, 0.717) is 17.9 Å². The van der Waals surface area contributed by atoms with E-state index in [1.807, 2.05) is 35.0 Å².